The first-order valence-electron chi connectivity index (χ1n) is 25.6. The smallest absolute Gasteiger partial charge is 0.195 e. The SMILES string of the molecule is CC(C)(C)[Si](C)(C)O[C@@H]1O[C@H](COCc2ccccc2)[C@@H](O[C@H]2O[C@H](COCc3ccccc3)[C@@H](OCc3ccccc3)[C@H](OCc3ccccc3)[C@@H]2OCc2ccccc2)[C@H](OCc2ccccc2)[C@H]1N=[N+]=[N-]. The molecule has 0 aromatic heterocycles. The third-order valence-electron chi connectivity index (χ3n) is 13.8. The monoisotopic (exact) mass is 1020 g/mol. The molecule has 0 N–H and O–H groups in total. The van der Waals surface area contributed by atoms with Gasteiger partial charge in [-0.15, -0.1) is 0 Å². The minimum absolute atomic E-state index is 0.0632. The molecule has 6 aromatic rings. The van der Waals surface area contributed by atoms with Gasteiger partial charge in [0.1, 0.15) is 48.8 Å². The highest BCUT2D eigenvalue weighted by atomic mass is 28.4. The van der Waals surface area contributed by atoms with Crippen LogP contribution in [-0.4, -0.2) is 82.9 Å². The molecule has 10 atom stereocenters. The molecule has 2 aliphatic rings. The van der Waals surface area contributed by atoms with E-state index in [0.29, 0.717) is 13.2 Å². The summed E-state index contributed by atoms with van der Waals surface area (Å²) in [5.41, 5.74) is 16.2. The number of benzene rings is 6. The van der Waals surface area contributed by atoms with Crippen molar-refractivity contribution in [2.75, 3.05) is 13.2 Å². The van der Waals surface area contributed by atoms with Crippen LogP contribution in [0, 0.1) is 0 Å². The average Bonchev–Trinajstić information content (AvgIpc) is 3.42. The summed E-state index contributed by atoms with van der Waals surface area (Å²) in [7, 11) is -2.58. The van der Waals surface area contributed by atoms with E-state index in [1.54, 1.807) is 0 Å². The molecule has 2 fully saturated rings. The maximum Gasteiger partial charge on any atom is 0.195 e. The lowest BCUT2D eigenvalue weighted by atomic mass is 9.95. The van der Waals surface area contributed by atoms with E-state index in [9.17, 15) is 5.53 Å². The number of rotatable bonds is 25. The summed E-state index contributed by atoms with van der Waals surface area (Å²) in [6.45, 7) is 12.4. The molecule has 0 bridgehead atoms. The predicted molar refractivity (Wildman–Crippen MR) is 286 cm³/mol. The van der Waals surface area contributed by atoms with E-state index in [1.807, 2.05) is 182 Å². The van der Waals surface area contributed by atoms with Crippen LogP contribution >= 0.6 is 0 Å². The van der Waals surface area contributed by atoms with Crippen molar-refractivity contribution < 1.29 is 47.1 Å². The van der Waals surface area contributed by atoms with Crippen molar-refractivity contribution in [2.45, 2.75) is 140 Å². The summed E-state index contributed by atoms with van der Waals surface area (Å²) in [6, 6.07) is 58.8. The van der Waals surface area contributed by atoms with Gasteiger partial charge in [0.25, 0.3) is 0 Å². The summed E-state index contributed by atoms with van der Waals surface area (Å²) >= 11 is 0. The Bertz CT molecular complexity index is 2580. The van der Waals surface area contributed by atoms with Crippen LogP contribution in [0.15, 0.2) is 187 Å². The fourth-order valence-electron chi connectivity index (χ4n) is 8.77. The number of hydrogen-bond donors (Lipinski definition) is 0. The average molecular weight is 1020 g/mol. The molecular weight excluding hydrogens is 951 g/mol. The van der Waals surface area contributed by atoms with Crippen LogP contribution in [0.25, 0.3) is 10.4 Å². The maximum atomic E-state index is 10.4. The molecule has 74 heavy (non-hydrogen) atoms. The van der Waals surface area contributed by atoms with Crippen LogP contribution in [0.1, 0.15) is 54.2 Å². The normalized spacial score (nSPS) is 24.2. The van der Waals surface area contributed by atoms with Crippen LogP contribution in [0.5, 0.6) is 0 Å². The predicted octanol–water partition coefficient (Wildman–Crippen LogP) is 12.3. The van der Waals surface area contributed by atoms with E-state index in [2.05, 4.69) is 43.9 Å². The highest BCUT2D eigenvalue weighted by Crippen LogP contribution is 2.42. The number of hydrogen-bond acceptors (Lipinski definition) is 11. The molecule has 0 amide bonds. The van der Waals surface area contributed by atoms with E-state index in [1.165, 1.54) is 0 Å². The summed E-state index contributed by atoms with van der Waals surface area (Å²) < 4.78 is 70.0. The van der Waals surface area contributed by atoms with Gasteiger partial charge in [-0.25, -0.2) is 0 Å². The Morgan fingerprint density at radius 2 is 0.784 bits per heavy atom. The van der Waals surface area contributed by atoms with E-state index in [0.717, 1.165) is 33.4 Å². The van der Waals surface area contributed by atoms with Crippen molar-refractivity contribution in [2.24, 2.45) is 5.11 Å². The van der Waals surface area contributed by atoms with Crippen molar-refractivity contribution >= 4 is 8.32 Å². The summed E-state index contributed by atoms with van der Waals surface area (Å²) in [5.74, 6) is 0. The molecule has 13 nitrogen and oxygen atoms in total. The standard InChI is InChI=1S/C60H71N3O10Si/c1-60(2,3)74(4,5)73-58-52(62-63-61)55(67-39-47-30-18-9-19-31-47)54(51(70-58)43-65-37-45-26-14-7-15-27-45)72-59-57(69-41-49-34-22-11-23-35-49)56(68-40-48-32-20-10-21-33-48)53(66-38-46-28-16-8-17-29-46)50(71-59)42-64-36-44-24-12-6-13-25-44/h6-35,50-59H,36-43H2,1-5H3/t50-,51-,52-,53-,54-,55-,56+,57+,58+,59-/m1/s1. The molecule has 6 aromatic carbocycles. The zero-order valence-electron chi connectivity index (χ0n) is 43.2. The molecule has 0 spiro atoms. The Hall–Kier alpha value is -5.55. The second-order valence-corrected chi connectivity index (χ2v) is 25.1. The Morgan fingerprint density at radius 1 is 0.446 bits per heavy atom. The molecule has 390 valence electrons. The van der Waals surface area contributed by atoms with Crippen LogP contribution < -0.4 is 0 Å². The first kappa shape index (κ1) is 54.7. The number of nitrogens with zero attached hydrogens (tertiary/aromatic N) is 3. The van der Waals surface area contributed by atoms with Gasteiger partial charge < -0.3 is 47.1 Å². The van der Waals surface area contributed by atoms with E-state index < -0.39 is 69.7 Å². The lowest BCUT2D eigenvalue weighted by Gasteiger charge is -2.51. The molecule has 0 unspecified atom stereocenters. The van der Waals surface area contributed by atoms with Gasteiger partial charge in [-0.1, -0.05) is 208 Å². The molecule has 0 saturated carbocycles. The zero-order valence-corrected chi connectivity index (χ0v) is 44.2. The zero-order chi connectivity index (χ0) is 51.6. The fraction of sp³-hybridized carbons (Fsp3) is 0.400. The van der Waals surface area contributed by atoms with Crippen molar-refractivity contribution in [3.8, 4) is 0 Å². The Kier molecular flexibility index (Phi) is 20.2. The van der Waals surface area contributed by atoms with Crippen molar-refractivity contribution in [3.05, 3.63) is 226 Å². The second kappa shape index (κ2) is 27.3. The van der Waals surface area contributed by atoms with E-state index in [-0.39, 0.29) is 44.7 Å². The Labute approximate surface area is 437 Å². The molecule has 2 saturated heterocycles. The Morgan fingerprint density at radius 3 is 1.18 bits per heavy atom. The van der Waals surface area contributed by atoms with Gasteiger partial charge in [0.2, 0.25) is 0 Å². The number of azide groups is 1. The van der Waals surface area contributed by atoms with Crippen molar-refractivity contribution in [1.29, 1.82) is 0 Å². The Balaban J connectivity index is 1.22. The largest absolute Gasteiger partial charge is 0.392 e. The van der Waals surface area contributed by atoms with E-state index >= 15 is 0 Å². The summed E-state index contributed by atoms with van der Waals surface area (Å²) in [6.07, 6.45) is -8.08. The third-order valence-corrected chi connectivity index (χ3v) is 18.3. The minimum Gasteiger partial charge on any atom is -0.392 e. The van der Waals surface area contributed by atoms with Gasteiger partial charge in [0, 0.05) is 4.91 Å². The second-order valence-electron chi connectivity index (χ2n) is 20.3. The van der Waals surface area contributed by atoms with Crippen molar-refractivity contribution in [3.63, 3.8) is 0 Å². The van der Waals surface area contributed by atoms with Crippen molar-refractivity contribution in [1.82, 2.24) is 0 Å². The molecular formula is C60H71N3O10Si. The van der Waals surface area contributed by atoms with Gasteiger partial charge in [-0.05, 0) is 57.0 Å². The van der Waals surface area contributed by atoms with E-state index in [4.69, 9.17) is 47.1 Å². The first-order chi connectivity index (χ1) is 36.0. The first-order valence-corrected chi connectivity index (χ1v) is 28.5. The minimum atomic E-state index is -2.58. The summed E-state index contributed by atoms with van der Waals surface area (Å²) in [4.78, 5) is 3.39. The topological polar surface area (TPSA) is 141 Å². The lowest BCUT2D eigenvalue weighted by Crippen LogP contribution is -2.66. The lowest BCUT2D eigenvalue weighted by molar-refractivity contribution is -0.361. The third kappa shape index (κ3) is 15.5. The molecule has 2 aliphatic heterocycles. The quantitative estimate of drug-likeness (QED) is 0.0235. The molecule has 8 rings (SSSR count). The van der Waals surface area contributed by atoms with Gasteiger partial charge >= 0.3 is 0 Å². The van der Waals surface area contributed by atoms with Crippen LogP contribution in [0.2, 0.25) is 18.1 Å². The van der Waals surface area contributed by atoms with Crippen LogP contribution in [0.4, 0.5) is 0 Å². The molecule has 14 heteroatoms. The molecule has 0 aliphatic carbocycles. The highest BCUT2D eigenvalue weighted by Gasteiger charge is 2.55. The maximum absolute atomic E-state index is 10.4. The van der Waals surface area contributed by atoms with Gasteiger partial charge in [-0.3, -0.25) is 0 Å². The fourth-order valence-corrected chi connectivity index (χ4v) is 9.90. The molecule has 0 radical (unpaired) electrons. The summed E-state index contributed by atoms with van der Waals surface area (Å²) in [5, 5.41) is 4.21. The van der Waals surface area contributed by atoms with Gasteiger partial charge in [0.15, 0.2) is 20.9 Å². The van der Waals surface area contributed by atoms with Crippen LogP contribution in [0.3, 0.4) is 0 Å². The van der Waals surface area contributed by atoms with Gasteiger partial charge in [-0.2, -0.15) is 0 Å². The van der Waals surface area contributed by atoms with Crippen LogP contribution in [-0.2, 0) is 86.7 Å². The number of ether oxygens (including phenoxy) is 9. The van der Waals surface area contributed by atoms with Gasteiger partial charge in [0.05, 0.1) is 52.9 Å². The molecule has 2 heterocycles. The highest BCUT2D eigenvalue weighted by molar-refractivity contribution is 6.74.